The maximum atomic E-state index is 12.1. The van der Waals surface area contributed by atoms with Gasteiger partial charge in [-0.3, -0.25) is 4.79 Å². The van der Waals surface area contributed by atoms with Crippen LogP contribution in [0.4, 0.5) is 5.13 Å². The first-order chi connectivity index (χ1) is 11.6. The Morgan fingerprint density at radius 2 is 2.17 bits per heavy atom. The van der Waals surface area contributed by atoms with Crippen LogP contribution >= 0.6 is 11.3 Å². The van der Waals surface area contributed by atoms with E-state index in [-0.39, 0.29) is 5.91 Å². The maximum absolute atomic E-state index is 12.1. The summed E-state index contributed by atoms with van der Waals surface area (Å²) in [5, 5.41) is 13.4. The Morgan fingerprint density at radius 3 is 2.88 bits per heavy atom. The molecule has 2 heterocycles. The average Bonchev–Trinajstić information content (AvgIpc) is 3.19. The number of rotatable bonds is 6. The van der Waals surface area contributed by atoms with Crippen LogP contribution in [0.5, 0.6) is 5.75 Å². The van der Waals surface area contributed by atoms with Gasteiger partial charge in [-0.2, -0.15) is 0 Å². The molecule has 1 N–H and O–H groups in total. The number of benzene rings is 1. The zero-order valence-electron chi connectivity index (χ0n) is 13.9. The van der Waals surface area contributed by atoms with Gasteiger partial charge in [-0.25, -0.2) is 0 Å². The van der Waals surface area contributed by atoms with E-state index >= 15 is 0 Å². The van der Waals surface area contributed by atoms with Crippen LogP contribution in [0.1, 0.15) is 31.2 Å². The van der Waals surface area contributed by atoms with Gasteiger partial charge in [0.2, 0.25) is 11.0 Å². The summed E-state index contributed by atoms with van der Waals surface area (Å²) in [5.41, 5.74) is 1.06. The predicted octanol–water partition coefficient (Wildman–Crippen LogP) is 3.65. The molecule has 24 heavy (non-hydrogen) atoms. The number of hydrogen-bond acceptors (Lipinski definition) is 5. The van der Waals surface area contributed by atoms with Gasteiger partial charge in [0.15, 0.2) is 0 Å². The highest BCUT2D eigenvalue weighted by Crippen LogP contribution is 2.26. The molecule has 2 aromatic heterocycles. The first-order valence-electron chi connectivity index (χ1n) is 7.83. The third kappa shape index (κ3) is 3.41. The predicted molar refractivity (Wildman–Crippen MR) is 95.7 cm³/mol. The van der Waals surface area contributed by atoms with Gasteiger partial charge in [-0.05, 0) is 18.2 Å². The molecule has 1 aromatic carbocycles. The van der Waals surface area contributed by atoms with E-state index in [0.29, 0.717) is 24.0 Å². The molecule has 126 valence electrons. The molecule has 1 amide bonds. The molecule has 0 saturated heterocycles. The first-order valence-corrected chi connectivity index (χ1v) is 8.65. The van der Waals surface area contributed by atoms with E-state index in [1.165, 1.54) is 11.3 Å². The van der Waals surface area contributed by atoms with E-state index in [0.717, 1.165) is 21.7 Å². The second-order valence-corrected chi connectivity index (χ2v) is 6.81. The fourth-order valence-electron chi connectivity index (χ4n) is 2.49. The zero-order valence-corrected chi connectivity index (χ0v) is 14.8. The quantitative estimate of drug-likeness (QED) is 0.741. The van der Waals surface area contributed by atoms with Gasteiger partial charge in [0.25, 0.3) is 0 Å². The molecular weight excluding hydrogens is 324 g/mol. The third-order valence-corrected chi connectivity index (χ3v) is 4.89. The fourth-order valence-corrected chi connectivity index (χ4v) is 3.25. The summed E-state index contributed by atoms with van der Waals surface area (Å²) in [4.78, 5) is 12.1. The SMILES string of the molecule is COc1cccc2c1ccn2CCC(=O)Nc1nnc(C(C)C)s1. The van der Waals surface area contributed by atoms with Crippen molar-refractivity contribution in [3.8, 4) is 5.75 Å². The van der Waals surface area contributed by atoms with Crippen molar-refractivity contribution in [3.05, 3.63) is 35.5 Å². The largest absolute Gasteiger partial charge is 0.496 e. The van der Waals surface area contributed by atoms with Gasteiger partial charge in [-0.15, -0.1) is 10.2 Å². The smallest absolute Gasteiger partial charge is 0.227 e. The van der Waals surface area contributed by atoms with Crippen molar-refractivity contribution in [2.45, 2.75) is 32.7 Å². The van der Waals surface area contributed by atoms with Crippen molar-refractivity contribution in [3.63, 3.8) is 0 Å². The molecule has 0 spiro atoms. The summed E-state index contributed by atoms with van der Waals surface area (Å²) >= 11 is 1.42. The Labute approximate surface area is 144 Å². The number of aryl methyl sites for hydroxylation is 1. The number of amides is 1. The van der Waals surface area contributed by atoms with E-state index < -0.39 is 0 Å². The highest BCUT2D eigenvalue weighted by atomic mass is 32.1. The Bertz CT molecular complexity index is 853. The molecule has 0 fully saturated rings. The Kier molecular flexibility index (Phi) is 4.80. The summed E-state index contributed by atoms with van der Waals surface area (Å²) in [5.74, 6) is 1.09. The molecule has 7 heteroatoms. The first kappa shape index (κ1) is 16.4. The van der Waals surface area contributed by atoms with E-state index in [2.05, 4.69) is 33.9 Å². The van der Waals surface area contributed by atoms with Crippen LogP contribution in [-0.4, -0.2) is 27.8 Å². The number of carbonyl (C=O) groups excluding carboxylic acids is 1. The van der Waals surface area contributed by atoms with Crippen LogP contribution in [0.3, 0.4) is 0 Å². The molecule has 3 aromatic rings. The lowest BCUT2D eigenvalue weighted by atomic mass is 10.2. The lowest BCUT2D eigenvalue weighted by Gasteiger charge is -2.06. The fraction of sp³-hybridized carbons (Fsp3) is 0.353. The Hall–Kier alpha value is -2.41. The molecule has 0 saturated carbocycles. The summed E-state index contributed by atoms with van der Waals surface area (Å²) in [7, 11) is 1.66. The topological polar surface area (TPSA) is 69.0 Å². The number of anilines is 1. The summed E-state index contributed by atoms with van der Waals surface area (Å²) in [6, 6.07) is 7.91. The van der Waals surface area contributed by atoms with Crippen LogP contribution in [0.25, 0.3) is 10.9 Å². The number of nitrogens with zero attached hydrogens (tertiary/aromatic N) is 3. The Morgan fingerprint density at radius 1 is 1.33 bits per heavy atom. The number of hydrogen-bond donors (Lipinski definition) is 1. The number of ether oxygens (including phenoxy) is 1. The lowest BCUT2D eigenvalue weighted by molar-refractivity contribution is -0.116. The number of fused-ring (bicyclic) bond motifs is 1. The second-order valence-electron chi connectivity index (χ2n) is 5.80. The van der Waals surface area contributed by atoms with Crippen LogP contribution in [-0.2, 0) is 11.3 Å². The van der Waals surface area contributed by atoms with Crippen molar-refractivity contribution in [1.29, 1.82) is 0 Å². The van der Waals surface area contributed by atoms with Crippen molar-refractivity contribution in [1.82, 2.24) is 14.8 Å². The number of aromatic nitrogens is 3. The Balaban J connectivity index is 1.64. The van der Waals surface area contributed by atoms with E-state index in [9.17, 15) is 4.79 Å². The van der Waals surface area contributed by atoms with Crippen LogP contribution in [0, 0.1) is 0 Å². The van der Waals surface area contributed by atoms with E-state index in [1.807, 2.05) is 30.5 Å². The van der Waals surface area contributed by atoms with E-state index in [1.54, 1.807) is 7.11 Å². The molecule has 0 atom stereocenters. The van der Waals surface area contributed by atoms with Crippen LogP contribution in [0.15, 0.2) is 30.5 Å². The van der Waals surface area contributed by atoms with E-state index in [4.69, 9.17) is 4.74 Å². The molecule has 0 aliphatic carbocycles. The van der Waals surface area contributed by atoms with Crippen LogP contribution < -0.4 is 10.1 Å². The van der Waals surface area contributed by atoms with Gasteiger partial charge in [0.05, 0.1) is 12.6 Å². The molecule has 0 unspecified atom stereocenters. The van der Waals surface area contributed by atoms with Gasteiger partial charge >= 0.3 is 0 Å². The highest BCUT2D eigenvalue weighted by Gasteiger charge is 2.11. The standard InChI is InChI=1S/C17H20N4O2S/c1-11(2)16-19-20-17(24-16)18-15(22)8-10-21-9-7-12-13(21)5-4-6-14(12)23-3/h4-7,9,11H,8,10H2,1-3H3,(H,18,20,22). The van der Waals surface area contributed by atoms with Gasteiger partial charge in [0.1, 0.15) is 10.8 Å². The minimum atomic E-state index is -0.0637. The van der Waals surface area contributed by atoms with Crippen molar-refractivity contribution in [2.24, 2.45) is 0 Å². The number of methoxy groups -OCH3 is 1. The minimum Gasteiger partial charge on any atom is -0.496 e. The highest BCUT2D eigenvalue weighted by molar-refractivity contribution is 7.15. The summed E-state index contributed by atoms with van der Waals surface area (Å²) in [6.07, 6.45) is 2.35. The molecular formula is C17H20N4O2S. The minimum absolute atomic E-state index is 0.0637. The monoisotopic (exact) mass is 344 g/mol. The zero-order chi connectivity index (χ0) is 17.1. The van der Waals surface area contributed by atoms with Crippen molar-refractivity contribution < 1.29 is 9.53 Å². The van der Waals surface area contributed by atoms with Crippen molar-refractivity contribution >= 4 is 33.3 Å². The summed E-state index contributed by atoms with van der Waals surface area (Å²) < 4.78 is 7.41. The average molecular weight is 344 g/mol. The molecule has 0 aliphatic heterocycles. The molecule has 3 rings (SSSR count). The van der Waals surface area contributed by atoms with Crippen LogP contribution in [0.2, 0.25) is 0 Å². The third-order valence-electron chi connectivity index (χ3n) is 3.75. The maximum Gasteiger partial charge on any atom is 0.227 e. The summed E-state index contributed by atoms with van der Waals surface area (Å²) in [6.45, 7) is 4.70. The van der Waals surface area contributed by atoms with Gasteiger partial charge < -0.3 is 14.6 Å². The molecule has 0 bridgehead atoms. The van der Waals surface area contributed by atoms with Gasteiger partial charge in [-0.1, -0.05) is 31.3 Å². The lowest BCUT2D eigenvalue weighted by Crippen LogP contribution is -2.14. The molecule has 0 radical (unpaired) electrons. The normalized spacial score (nSPS) is 11.2. The van der Waals surface area contributed by atoms with Gasteiger partial charge in [0, 0.05) is 30.5 Å². The second kappa shape index (κ2) is 7.00. The molecule has 0 aliphatic rings. The molecule has 6 nitrogen and oxygen atoms in total. The number of nitrogens with one attached hydrogen (secondary N) is 1. The number of carbonyl (C=O) groups is 1. The van der Waals surface area contributed by atoms with Crippen molar-refractivity contribution in [2.75, 3.05) is 12.4 Å².